The first kappa shape index (κ1) is 6.21. The molecule has 7 heavy (non-hydrogen) atoms. The molecule has 0 fully saturated rings. The number of carbonyl (C=O) groups excluding carboxylic acids is 1. The van der Waals surface area contributed by atoms with E-state index in [-0.39, 0.29) is 7.40 Å². The minimum Gasteiger partial charge on any atom is -0.466 e. The van der Waals surface area contributed by atoms with Crippen molar-refractivity contribution < 1.29 is 11.0 Å². The summed E-state index contributed by atoms with van der Waals surface area (Å²) in [5, 5.41) is 0. The lowest BCUT2D eigenvalue weighted by Gasteiger charge is -1.91. The lowest BCUT2D eigenvalue weighted by molar-refractivity contribution is -0.135. The van der Waals surface area contributed by atoms with Crippen LogP contribution in [-0.2, 0) is 9.53 Å². The van der Waals surface area contributed by atoms with E-state index in [1.54, 1.807) is 6.92 Å². The van der Waals surface area contributed by atoms with E-state index in [0.29, 0.717) is 5.57 Å². The summed E-state index contributed by atoms with van der Waals surface area (Å²) in [5.74, 6) is -0.347. The molecule has 0 amide bonds. The summed E-state index contributed by atoms with van der Waals surface area (Å²) >= 11 is 0. The smallest absolute Gasteiger partial charge is 0.332 e. The largest absolute Gasteiger partial charge is 0.466 e. The Bertz CT molecular complexity index is 98.6. The average molecular weight is 103 g/mol. The van der Waals surface area contributed by atoms with Gasteiger partial charge in [0.25, 0.3) is 0 Å². The first-order valence-corrected chi connectivity index (χ1v) is 1.92. The summed E-state index contributed by atoms with van der Waals surface area (Å²) in [7, 11) is 1.33. The quantitative estimate of drug-likeness (QED) is 0.365. The third-order valence-electron chi connectivity index (χ3n) is 0.534. The van der Waals surface area contributed by atoms with Gasteiger partial charge in [-0.3, -0.25) is 0 Å². The minimum atomic E-state index is -0.347. The van der Waals surface area contributed by atoms with Crippen molar-refractivity contribution in [3.8, 4) is 0 Å². The van der Waals surface area contributed by atoms with Crippen LogP contribution in [-0.4, -0.2) is 13.1 Å². The maximum atomic E-state index is 10.2. The molecule has 0 spiro atoms. The summed E-state index contributed by atoms with van der Waals surface area (Å²) in [5.41, 5.74) is 0.433. The van der Waals surface area contributed by atoms with Gasteiger partial charge < -0.3 is 4.74 Å². The van der Waals surface area contributed by atoms with E-state index in [4.69, 9.17) is 0 Å². The molecule has 0 aromatic rings. The Kier molecular flexibility index (Phi) is 2.12. The predicted octanol–water partition coefficient (Wildman–Crippen LogP) is 0.982. The van der Waals surface area contributed by atoms with Gasteiger partial charge in [-0.25, -0.2) is 4.79 Å². The monoisotopic (exact) mass is 103 g/mol. The number of hydrogen-bond acceptors (Lipinski definition) is 2. The number of rotatable bonds is 1. The molecule has 42 valence electrons. The van der Waals surface area contributed by atoms with Gasteiger partial charge in [-0.2, -0.15) is 0 Å². The first-order chi connectivity index (χ1) is 3.18. The zero-order valence-corrected chi connectivity index (χ0v) is 4.52. The van der Waals surface area contributed by atoms with E-state index in [9.17, 15) is 4.79 Å². The Morgan fingerprint density at radius 3 is 2.29 bits per heavy atom. The van der Waals surface area contributed by atoms with Crippen molar-refractivity contribution in [1.29, 1.82) is 0 Å². The van der Waals surface area contributed by atoms with Gasteiger partial charge >= 0.3 is 5.97 Å². The molecule has 0 aromatic carbocycles. The highest BCUT2D eigenvalue weighted by atomic mass is 16.5. The van der Waals surface area contributed by atoms with E-state index >= 15 is 0 Å². The molecular formula is C5H10O2. The highest BCUT2D eigenvalue weighted by Crippen LogP contribution is 1.87. The summed E-state index contributed by atoms with van der Waals surface area (Å²) in [6.45, 7) is 4.95. The standard InChI is InChI=1S/C5H8O2.H2/c1-4(2)5(6)7-3;/h1H2,2-3H3;1H/i;1+1. The van der Waals surface area contributed by atoms with Crippen LogP contribution < -0.4 is 0 Å². The molecular weight excluding hydrogens is 92.1 g/mol. The van der Waals surface area contributed by atoms with E-state index < -0.39 is 0 Å². The van der Waals surface area contributed by atoms with E-state index in [0.717, 1.165) is 0 Å². The number of hydrogen-bond donors (Lipinski definition) is 0. The Labute approximate surface area is 44.3 Å². The van der Waals surface area contributed by atoms with Crippen LogP contribution in [0.5, 0.6) is 0 Å². The third kappa shape index (κ3) is 1.98. The SMILES string of the molecule is C=C(C)C(=O)OC.[2HH]. The van der Waals surface area contributed by atoms with Crippen LogP contribution in [0, 0.1) is 0 Å². The van der Waals surface area contributed by atoms with Crippen molar-refractivity contribution in [3.05, 3.63) is 12.2 Å². The summed E-state index contributed by atoms with van der Waals surface area (Å²) in [4.78, 5) is 10.2. The van der Waals surface area contributed by atoms with Crippen LogP contribution in [0.2, 0.25) is 0 Å². The van der Waals surface area contributed by atoms with Gasteiger partial charge in [0.05, 0.1) is 7.11 Å². The van der Waals surface area contributed by atoms with Crippen LogP contribution in [0.25, 0.3) is 0 Å². The molecule has 0 rings (SSSR count). The van der Waals surface area contributed by atoms with Gasteiger partial charge in [0.2, 0.25) is 0 Å². The highest BCUT2D eigenvalue weighted by Gasteiger charge is 1.95. The number of carbonyl (C=O) groups is 1. The maximum absolute atomic E-state index is 10.2. The summed E-state index contributed by atoms with van der Waals surface area (Å²) in [6.07, 6.45) is 0. The molecule has 0 saturated heterocycles. The fourth-order valence-corrected chi connectivity index (χ4v) is 0.174. The van der Waals surface area contributed by atoms with Gasteiger partial charge in [-0.15, -0.1) is 0 Å². The lowest BCUT2D eigenvalue weighted by atomic mass is 10.4. The summed E-state index contributed by atoms with van der Waals surface area (Å²) in [6, 6.07) is 0. The van der Waals surface area contributed by atoms with Gasteiger partial charge in [0, 0.05) is 7.00 Å². The van der Waals surface area contributed by atoms with Crippen LogP contribution in [0.4, 0.5) is 0 Å². The molecule has 0 heterocycles. The minimum absolute atomic E-state index is 0. The van der Waals surface area contributed by atoms with Crippen LogP contribution in [0.1, 0.15) is 8.35 Å². The van der Waals surface area contributed by atoms with E-state index in [2.05, 4.69) is 11.3 Å². The Balaban J connectivity index is 0. The van der Waals surface area contributed by atoms with Crippen LogP contribution in [0.3, 0.4) is 0 Å². The predicted molar refractivity (Wildman–Crippen MR) is 28.9 cm³/mol. The molecule has 0 unspecified atom stereocenters. The average Bonchev–Trinajstić information content (AvgIpc) is 1.65. The van der Waals surface area contributed by atoms with E-state index in [1.165, 1.54) is 7.11 Å². The Morgan fingerprint density at radius 1 is 1.86 bits per heavy atom. The fraction of sp³-hybridized carbons (Fsp3) is 0.400. The van der Waals surface area contributed by atoms with Crippen molar-refractivity contribution in [2.75, 3.05) is 7.11 Å². The van der Waals surface area contributed by atoms with Crippen molar-refractivity contribution in [2.45, 2.75) is 6.92 Å². The summed E-state index contributed by atoms with van der Waals surface area (Å²) < 4.78 is 4.27. The molecule has 2 heteroatoms. The second-order valence-electron chi connectivity index (χ2n) is 1.27. The topological polar surface area (TPSA) is 26.3 Å². The second-order valence-corrected chi connectivity index (χ2v) is 1.27. The lowest BCUT2D eigenvalue weighted by Crippen LogP contribution is -1.98. The molecule has 0 N–H and O–H groups in total. The molecule has 0 aliphatic carbocycles. The molecule has 0 saturated carbocycles. The normalized spacial score (nSPS) is 7.71. The fourth-order valence-electron chi connectivity index (χ4n) is 0.174. The van der Waals surface area contributed by atoms with Crippen molar-refractivity contribution in [2.24, 2.45) is 0 Å². The number of ether oxygens (including phenoxy) is 1. The zero-order valence-electron chi connectivity index (χ0n) is 4.52. The third-order valence-corrected chi connectivity index (χ3v) is 0.534. The maximum Gasteiger partial charge on any atom is 0.332 e. The Hall–Kier alpha value is -0.790. The van der Waals surface area contributed by atoms with Crippen molar-refractivity contribution >= 4 is 5.97 Å². The molecule has 0 aliphatic heterocycles. The van der Waals surface area contributed by atoms with Gasteiger partial charge in [-0.1, -0.05) is 6.58 Å². The van der Waals surface area contributed by atoms with E-state index in [1.807, 2.05) is 0 Å². The number of esters is 1. The molecule has 0 radical (unpaired) electrons. The first-order valence-electron chi connectivity index (χ1n) is 1.92. The van der Waals surface area contributed by atoms with Gasteiger partial charge in [-0.05, 0) is 6.92 Å². The molecule has 0 bridgehead atoms. The highest BCUT2D eigenvalue weighted by molar-refractivity contribution is 5.86. The van der Waals surface area contributed by atoms with Crippen LogP contribution >= 0.6 is 0 Å². The van der Waals surface area contributed by atoms with Gasteiger partial charge in [0.1, 0.15) is 0 Å². The van der Waals surface area contributed by atoms with Crippen LogP contribution in [0.15, 0.2) is 12.2 Å². The molecule has 0 aliphatic rings. The number of methoxy groups -OCH3 is 1. The van der Waals surface area contributed by atoms with Gasteiger partial charge in [0.15, 0.2) is 0 Å². The van der Waals surface area contributed by atoms with Crippen molar-refractivity contribution in [3.63, 3.8) is 0 Å². The molecule has 2 nitrogen and oxygen atoms in total. The zero-order chi connectivity index (χ0) is 5.86. The Morgan fingerprint density at radius 2 is 2.29 bits per heavy atom. The molecule has 0 aromatic heterocycles. The second kappa shape index (κ2) is 2.39. The van der Waals surface area contributed by atoms with Crippen molar-refractivity contribution in [1.82, 2.24) is 0 Å². The molecule has 0 atom stereocenters.